The van der Waals surface area contributed by atoms with Gasteiger partial charge in [-0.1, -0.05) is 48.5 Å². The van der Waals surface area contributed by atoms with E-state index in [2.05, 4.69) is 28.2 Å². The monoisotopic (exact) mass is 327 g/mol. The molecule has 1 fully saturated rings. The molecule has 1 nitrogen and oxygen atoms in total. The molecule has 0 saturated heterocycles. The van der Waals surface area contributed by atoms with E-state index in [-0.39, 0.29) is 5.82 Å². The lowest BCUT2D eigenvalue weighted by Crippen LogP contribution is -2.21. The number of halogens is 2. The van der Waals surface area contributed by atoms with Gasteiger partial charge in [-0.25, -0.2) is 4.39 Å². The SMILES string of the molecule is CC1CCC(CCNCc2cc(Br)ccc2F)CC1. The highest BCUT2D eigenvalue weighted by atomic mass is 79.9. The zero-order chi connectivity index (χ0) is 13.7. The maximum atomic E-state index is 13.5. The van der Waals surface area contributed by atoms with Crippen LogP contribution in [0.4, 0.5) is 4.39 Å². The molecule has 0 amide bonds. The van der Waals surface area contributed by atoms with Crippen molar-refractivity contribution in [3.63, 3.8) is 0 Å². The average Bonchev–Trinajstić information content (AvgIpc) is 2.40. The van der Waals surface area contributed by atoms with Crippen LogP contribution in [0.15, 0.2) is 22.7 Å². The summed E-state index contributed by atoms with van der Waals surface area (Å²) in [5.74, 6) is 1.67. The topological polar surface area (TPSA) is 12.0 Å². The van der Waals surface area contributed by atoms with Crippen molar-refractivity contribution in [3.05, 3.63) is 34.1 Å². The van der Waals surface area contributed by atoms with E-state index in [1.165, 1.54) is 38.2 Å². The van der Waals surface area contributed by atoms with E-state index in [1.54, 1.807) is 6.07 Å². The molecule has 0 unspecified atom stereocenters. The largest absolute Gasteiger partial charge is 0.313 e. The molecule has 0 aromatic heterocycles. The van der Waals surface area contributed by atoms with Crippen molar-refractivity contribution in [1.82, 2.24) is 5.32 Å². The average molecular weight is 328 g/mol. The first-order valence-corrected chi connectivity index (χ1v) is 8.09. The van der Waals surface area contributed by atoms with Crippen molar-refractivity contribution >= 4 is 15.9 Å². The molecule has 0 atom stereocenters. The van der Waals surface area contributed by atoms with Gasteiger partial charge in [-0.15, -0.1) is 0 Å². The minimum Gasteiger partial charge on any atom is -0.313 e. The molecule has 1 aliphatic rings. The van der Waals surface area contributed by atoms with Crippen molar-refractivity contribution in [1.29, 1.82) is 0 Å². The molecule has 1 aromatic rings. The van der Waals surface area contributed by atoms with Gasteiger partial charge in [0.15, 0.2) is 0 Å². The Bertz CT molecular complexity index is 400. The van der Waals surface area contributed by atoms with Crippen LogP contribution in [0.3, 0.4) is 0 Å². The summed E-state index contributed by atoms with van der Waals surface area (Å²) in [5, 5.41) is 3.37. The molecule has 1 aromatic carbocycles. The fraction of sp³-hybridized carbons (Fsp3) is 0.625. The molecule has 0 heterocycles. The summed E-state index contributed by atoms with van der Waals surface area (Å²) in [4.78, 5) is 0. The highest BCUT2D eigenvalue weighted by molar-refractivity contribution is 9.10. The standard InChI is InChI=1S/C16H23BrFN/c1-12-2-4-13(5-3-12)8-9-19-11-14-10-15(17)6-7-16(14)18/h6-7,10,12-13,19H,2-5,8-9,11H2,1H3. The fourth-order valence-electron chi connectivity index (χ4n) is 2.83. The fourth-order valence-corrected chi connectivity index (χ4v) is 3.23. The lowest BCUT2D eigenvalue weighted by molar-refractivity contribution is 0.275. The van der Waals surface area contributed by atoms with Crippen LogP contribution < -0.4 is 5.32 Å². The van der Waals surface area contributed by atoms with E-state index in [9.17, 15) is 4.39 Å². The third kappa shape index (κ3) is 4.88. The van der Waals surface area contributed by atoms with Crippen LogP contribution in [0.1, 0.15) is 44.6 Å². The minimum absolute atomic E-state index is 0.123. The lowest BCUT2D eigenvalue weighted by atomic mass is 9.81. The molecule has 1 saturated carbocycles. The predicted octanol–water partition coefficient (Wildman–Crippen LogP) is 4.89. The second-order valence-electron chi connectivity index (χ2n) is 5.83. The molecular weight excluding hydrogens is 305 g/mol. The van der Waals surface area contributed by atoms with Gasteiger partial charge in [-0.2, -0.15) is 0 Å². The van der Waals surface area contributed by atoms with Gasteiger partial charge in [0.25, 0.3) is 0 Å². The summed E-state index contributed by atoms with van der Waals surface area (Å²) >= 11 is 3.38. The lowest BCUT2D eigenvalue weighted by Gasteiger charge is -2.26. The second-order valence-corrected chi connectivity index (χ2v) is 6.74. The van der Waals surface area contributed by atoms with E-state index in [0.29, 0.717) is 6.54 Å². The molecule has 0 bridgehead atoms. The van der Waals surface area contributed by atoms with E-state index in [0.717, 1.165) is 28.4 Å². The third-order valence-corrected chi connectivity index (χ3v) is 4.68. The quantitative estimate of drug-likeness (QED) is 0.759. The van der Waals surface area contributed by atoms with Crippen molar-refractivity contribution in [2.75, 3.05) is 6.54 Å². The zero-order valence-electron chi connectivity index (χ0n) is 11.6. The highest BCUT2D eigenvalue weighted by Crippen LogP contribution is 2.29. The first kappa shape index (κ1) is 15.0. The summed E-state index contributed by atoms with van der Waals surface area (Å²) in [6.45, 7) is 3.96. The summed E-state index contributed by atoms with van der Waals surface area (Å²) in [6.07, 6.45) is 6.72. The van der Waals surface area contributed by atoms with Gasteiger partial charge in [0.05, 0.1) is 0 Å². The Morgan fingerprint density at radius 2 is 2.00 bits per heavy atom. The van der Waals surface area contributed by atoms with Crippen molar-refractivity contribution in [3.8, 4) is 0 Å². The van der Waals surface area contributed by atoms with E-state index in [1.807, 2.05) is 6.07 Å². The Kier molecular flexibility index (Phi) is 5.83. The normalized spacial score (nSPS) is 23.5. The van der Waals surface area contributed by atoms with Crippen LogP contribution in [0.5, 0.6) is 0 Å². The first-order valence-electron chi connectivity index (χ1n) is 7.30. The van der Waals surface area contributed by atoms with Crippen LogP contribution in [-0.4, -0.2) is 6.54 Å². The Labute approximate surface area is 124 Å². The minimum atomic E-state index is -0.123. The summed E-state index contributed by atoms with van der Waals surface area (Å²) in [6, 6.07) is 5.11. The van der Waals surface area contributed by atoms with Gasteiger partial charge >= 0.3 is 0 Å². The van der Waals surface area contributed by atoms with Gasteiger partial charge in [0, 0.05) is 16.6 Å². The van der Waals surface area contributed by atoms with Crippen LogP contribution in [0.2, 0.25) is 0 Å². The van der Waals surface area contributed by atoms with E-state index in [4.69, 9.17) is 0 Å². The smallest absolute Gasteiger partial charge is 0.127 e. The Balaban J connectivity index is 1.68. The number of rotatable bonds is 5. The highest BCUT2D eigenvalue weighted by Gasteiger charge is 2.17. The van der Waals surface area contributed by atoms with Gasteiger partial charge in [-0.05, 0) is 43.0 Å². The van der Waals surface area contributed by atoms with Crippen LogP contribution in [-0.2, 0) is 6.54 Å². The zero-order valence-corrected chi connectivity index (χ0v) is 13.2. The van der Waals surface area contributed by atoms with E-state index < -0.39 is 0 Å². The van der Waals surface area contributed by atoms with Crippen molar-refractivity contribution in [2.45, 2.75) is 45.6 Å². The molecular formula is C16H23BrFN. The first-order chi connectivity index (χ1) is 9.15. The van der Waals surface area contributed by atoms with Crippen LogP contribution >= 0.6 is 15.9 Å². The summed E-state index contributed by atoms with van der Waals surface area (Å²) in [7, 11) is 0. The molecule has 1 N–H and O–H groups in total. The summed E-state index contributed by atoms with van der Waals surface area (Å²) < 4.78 is 14.5. The maximum Gasteiger partial charge on any atom is 0.127 e. The molecule has 2 rings (SSSR count). The van der Waals surface area contributed by atoms with Crippen LogP contribution in [0, 0.1) is 17.7 Å². The predicted molar refractivity (Wildman–Crippen MR) is 81.5 cm³/mol. The molecule has 3 heteroatoms. The van der Waals surface area contributed by atoms with Gasteiger partial charge in [-0.3, -0.25) is 0 Å². The van der Waals surface area contributed by atoms with E-state index >= 15 is 0 Å². The molecule has 0 spiro atoms. The van der Waals surface area contributed by atoms with Gasteiger partial charge in [0.2, 0.25) is 0 Å². The summed E-state index contributed by atoms with van der Waals surface area (Å²) in [5.41, 5.74) is 0.742. The second kappa shape index (κ2) is 7.39. The number of nitrogens with one attached hydrogen (secondary N) is 1. The number of hydrogen-bond donors (Lipinski definition) is 1. The number of benzene rings is 1. The Morgan fingerprint density at radius 1 is 1.26 bits per heavy atom. The molecule has 106 valence electrons. The number of hydrogen-bond acceptors (Lipinski definition) is 1. The molecule has 0 aliphatic heterocycles. The van der Waals surface area contributed by atoms with Crippen molar-refractivity contribution < 1.29 is 4.39 Å². The Hall–Kier alpha value is -0.410. The van der Waals surface area contributed by atoms with Gasteiger partial charge < -0.3 is 5.32 Å². The molecule has 1 aliphatic carbocycles. The molecule has 19 heavy (non-hydrogen) atoms. The third-order valence-electron chi connectivity index (χ3n) is 4.19. The Morgan fingerprint density at radius 3 is 2.74 bits per heavy atom. The van der Waals surface area contributed by atoms with Crippen LogP contribution in [0.25, 0.3) is 0 Å². The van der Waals surface area contributed by atoms with Crippen molar-refractivity contribution in [2.24, 2.45) is 11.8 Å². The van der Waals surface area contributed by atoms with Gasteiger partial charge in [0.1, 0.15) is 5.82 Å². The molecule has 0 radical (unpaired) electrons. The maximum absolute atomic E-state index is 13.5.